The Kier molecular flexibility index (Phi) is 4.63. The smallest absolute Gasteiger partial charge is 0.407 e. The third-order valence-corrected chi connectivity index (χ3v) is 2.63. The van der Waals surface area contributed by atoms with E-state index < -0.39 is 23.5 Å². The molecule has 122 valence electrons. The zero-order valence-corrected chi connectivity index (χ0v) is 13.0. The van der Waals surface area contributed by atoms with E-state index in [9.17, 15) is 9.59 Å². The molecule has 0 saturated carbocycles. The molecule has 0 bridgehead atoms. The summed E-state index contributed by atoms with van der Waals surface area (Å²) in [5, 5.41) is 14.8. The highest BCUT2D eigenvalue weighted by Crippen LogP contribution is 2.18. The van der Waals surface area contributed by atoms with Gasteiger partial charge in [-0.25, -0.2) is 9.59 Å². The van der Waals surface area contributed by atoms with Crippen LogP contribution >= 0.6 is 0 Å². The third-order valence-electron chi connectivity index (χ3n) is 2.63. The summed E-state index contributed by atoms with van der Waals surface area (Å²) in [6.07, 6.45) is -0.520. The van der Waals surface area contributed by atoms with Crippen molar-refractivity contribution in [2.45, 2.75) is 32.9 Å². The topological polar surface area (TPSA) is 115 Å². The van der Waals surface area contributed by atoms with Crippen LogP contribution in [0.15, 0.2) is 28.8 Å². The van der Waals surface area contributed by atoms with E-state index in [0.717, 1.165) is 5.56 Å². The molecule has 0 aliphatic heterocycles. The van der Waals surface area contributed by atoms with Crippen molar-refractivity contribution in [3.8, 4) is 11.5 Å². The number of carboxylic acids is 1. The van der Waals surface area contributed by atoms with Gasteiger partial charge in [-0.2, -0.15) is 4.98 Å². The first-order valence-electron chi connectivity index (χ1n) is 6.88. The molecule has 0 unspecified atom stereocenters. The standard InChI is InChI=1S/C15H17N3O5/c1-15(2,3)22-14(21)16-8-9-5-4-6-10(7-9)12-17-11(13(19)20)18-23-12/h4-7H,8H2,1-3H3,(H,16,21)(H,19,20). The van der Waals surface area contributed by atoms with Gasteiger partial charge < -0.3 is 19.7 Å². The van der Waals surface area contributed by atoms with E-state index in [4.69, 9.17) is 14.4 Å². The summed E-state index contributed by atoms with van der Waals surface area (Å²) in [5.41, 5.74) is 0.778. The Labute approximate surface area is 132 Å². The van der Waals surface area contributed by atoms with Gasteiger partial charge in [-0.05, 0) is 43.6 Å². The number of nitrogens with zero attached hydrogens (tertiary/aromatic N) is 2. The molecule has 23 heavy (non-hydrogen) atoms. The van der Waals surface area contributed by atoms with Gasteiger partial charge >= 0.3 is 12.1 Å². The normalized spacial score (nSPS) is 11.1. The summed E-state index contributed by atoms with van der Waals surface area (Å²) in [6.45, 7) is 5.59. The first-order valence-corrected chi connectivity index (χ1v) is 6.88. The zero-order chi connectivity index (χ0) is 17.0. The van der Waals surface area contributed by atoms with Gasteiger partial charge in [0.2, 0.25) is 0 Å². The second-order valence-electron chi connectivity index (χ2n) is 5.78. The predicted octanol–water partition coefficient (Wildman–Crippen LogP) is 2.46. The molecule has 2 aromatic rings. The molecule has 2 N–H and O–H groups in total. The van der Waals surface area contributed by atoms with Crippen LogP contribution in [0.4, 0.5) is 4.79 Å². The number of carboxylic acid groups (broad SMARTS) is 1. The van der Waals surface area contributed by atoms with Gasteiger partial charge in [-0.15, -0.1) is 0 Å². The second-order valence-corrected chi connectivity index (χ2v) is 5.78. The number of aromatic nitrogens is 2. The molecule has 2 rings (SSSR count). The van der Waals surface area contributed by atoms with Crippen molar-refractivity contribution >= 4 is 12.1 Å². The minimum Gasteiger partial charge on any atom is -0.475 e. The van der Waals surface area contributed by atoms with Crippen LogP contribution in [0.5, 0.6) is 0 Å². The second kappa shape index (κ2) is 6.47. The van der Waals surface area contributed by atoms with Gasteiger partial charge in [0.15, 0.2) is 0 Å². The van der Waals surface area contributed by atoms with Crippen molar-refractivity contribution in [1.29, 1.82) is 0 Å². The Bertz CT molecular complexity index is 718. The number of carbonyl (C=O) groups excluding carboxylic acids is 1. The van der Waals surface area contributed by atoms with E-state index in [1.807, 2.05) is 0 Å². The molecule has 1 aromatic heterocycles. The number of ether oxygens (including phenoxy) is 1. The Hall–Kier alpha value is -2.90. The largest absolute Gasteiger partial charge is 0.475 e. The highest BCUT2D eigenvalue weighted by atomic mass is 16.6. The summed E-state index contributed by atoms with van der Waals surface area (Å²) in [5.74, 6) is -1.57. The van der Waals surface area contributed by atoms with Crippen LogP contribution in [0.25, 0.3) is 11.5 Å². The fourth-order valence-electron chi connectivity index (χ4n) is 1.73. The number of aromatic carboxylic acids is 1. The maximum absolute atomic E-state index is 11.6. The number of nitrogens with one attached hydrogen (secondary N) is 1. The number of carbonyl (C=O) groups is 2. The summed E-state index contributed by atoms with van der Waals surface area (Å²) in [7, 11) is 0. The fraction of sp³-hybridized carbons (Fsp3) is 0.333. The Morgan fingerprint density at radius 2 is 2.09 bits per heavy atom. The fourth-order valence-corrected chi connectivity index (χ4v) is 1.73. The summed E-state index contributed by atoms with van der Waals surface area (Å²) < 4.78 is 10.1. The number of hydrogen-bond donors (Lipinski definition) is 2. The van der Waals surface area contributed by atoms with Crippen LogP contribution in [-0.4, -0.2) is 32.9 Å². The van der Waals surface area contributed by atoms with Crippen molar-refractivity contribution < 1.29 is 24.0 Å². The summed E-state index contributed by atoms with van der Waals surface area (Å²) >= 11 is 0. The minimum atomic E-state index is -1.26. The van der Waals surface area contributed by atoms with E-state index in [2.05, 4.69) is 15.5 Å². The lowest BCUT2D eigenvalue weighted by Gasteiger charge is -2.19. The maximum atomic E-state index is 11.6. The average molecular weight is 319 g/mol. The van der Waals surface area contributed by atoms with Crippen molar-refractivity contribution in [3.63, 3.8) is 0 Å². The molecule has 0 fully saturated rings. The number of benzene rings is 1. The monoisotopic (exact) mass is 319 g/mol. The molecule has 0 atom stereocenters. The highest BCUT2D eigenvalue weighted by Gasteiger charge is 2.16. The number of alkyl carbamates (subject to hydrolysis) is 1. The van der Waals surface area contributed by atoms with Crippen LogP contribution in [0.1, 0.15) is 37.0 Å². The van der Waals surface area contributed by atoms with Gasteiger partial charge in [-0.3, -0.25) is 0 Å². The first-order chi connectivity index (χ1) is 10.7. The lowest BCUT2D eigenvalue weighted by atomic mass is 10.1. The van der Waals surface area contributed by atoms with E-state index in [1.54, 1.807) is 45.0 Å². The molecule has 0 spiro atoms. The quantitative estimate of drug-likeness (QED) is 0.889. The lowest BCUT2D eigenvalue weighted by Crippen LogP contribution is -2.32. The number of amides is 1. The average Bonchev–Trinajstić information content (AvgIpc) is 2.94. The van der Waals surface area contributed by atoms with Crippen LogP contribution in [0, 0.1) is 0 Å². The molecular weight excluding hydrogens is 302 g/mol. The molecule has 0 aliphatic rings. The molecular formula is C15H17N3O5. The predicted molar refractivity (Wildman–Crippen MR) is 79.8 cm³/mol. The molecule has 0 saturated heterocycles. The lowest BCUT2D eigenvalue weighted by molar-refractivity contribution is 0.0523. The number of rotatable bonds is 4. The van der Waals surface area contributed by atoms with Crippen molar-refractivity contribution in [3.05, 3.63) is 35.7 Å². The highest BCUT2D eigenvalue weighted by molar-refractivity contribution is 5.83. The van der Waals surface area contributed by atoms with Gasteiger partial charge in [-0.1, -0.05) is 12.1 Å². The summed E-state index contributed by atoms with van der Waals surface area (Å²) in [6, 6.07) is 6.97. The molecule has 1 heterocycles. The molecule has 0 aliphatic carbocycles. The summed E-state index contributed by atoms with van der Waals surface area (Å²) in [4.78, 5) is 26.2. The number of hydrogen-bond acceptors (Lipinski definition) is 6. The van der Waals surface area contributed by atoms with Crippen molar-refractivity contribution in [1.82, 2.24) is 15.5 Å². The van der Waals surface area contributed by atoms with Gasteiger partial charge in [0.1, 0.15) is 5.60 Å². The van der Waals surface area contributed by atoms with Crippen molar-refractivity contribution in [2.75, 3.05) is 0 Å². The van der Waals surface area contributed by atoms with Crippen LogP contribution in [-0.2, 0) is 11.3 Å². The van der Waals surface area contributed by atoms with Crippen LogP contribution < -0.4 is 5.32 Å². The van der Waals surface area contributed by atoms with Gasteiger partial charge in [0.05, 0.1) is 0 Å². The third kappa shape index (κ3) is 4.80. The van der Waals surface area contributed by atoms with Gasteiger partial charge in [0.25, 0.3) is 11.7 Å². The van der Waals surface area contributed by atoms with E-state index >= 15 is 0 Å². The first kappa shape index (κ1) is 16.5. The SMILES string of the molecule is CC(C)(C)OC(=O)NCc1cccc(-c2nc(C(=O)O)no2)c1. The molecule has 1 amide bonds. The van der Waals surface area contributed by atoms with Gasteiger partial charge in [0, 0.05) is 12.1 Å². The Balaban J connectivity index is 2.05. The van der Waals surface area contributed by atoms with Crippen LogP contribution in [0.2, 0.25) is 0 Å². The molecule has 8 nitrogen and oxygen atoms in total. The molecule has 8 heteroatoms. The maximum Gasteiger partial charge on any atom is 0.407 e. The van der Waals surface area contributed by atoms with Crippen molar-refractivity contribution in [2.24, 2.45) is 0 Å². The van der Waals surface area contributed by atoms with E-state index in [1.165, 1.54) is 0 Å². The zero-order valence-electron chi connectivity index (χ0n) is 13.0. The Morgan fingerprint density at radius 1 is 1.35 bits per heavy atom. The van der Waals surface area contributed by atoms with E-state index in [0.29, 0.717) is 5.56 Å². The Morgan fingerprint density at radius 3 is 2.70 bits per heavy atom. The molecule has 1 aromatic carbocycles. The van der Waals surface area contributed by atoms with Crippen LogP contribution in [0.3, 0.4) is 0 Å². The van der Waals surface area contributed by atoms with E-state index in [-0.39, 0.29) is 12.4 Å². The molecule has 0 radical (unpaired) electrons. The minimum absolute atomic E-state index is 0.0986.